The second-order valence-corrected chi connectivity index (χ2v) is 10.0. The van der Waals surface area contributed by atoms with Crippen molar-refractivity contribution < 1.29 is 13.2 Å². The van der Waals surface area contributed by atoms with Crippen molar-refractivity contribution in [2.24, 2.45) is 0 Å². The molecule has 0 aliphatic heterocycles. The van der Waals surface area contributed by atoms with E-state index < -0.39 is 15.1 Å². The van der Waals surface area contributed by atoms with Gasteiger partial charge >= 0.3 is 0 Å². The predicted octanol–water partition coefficient (Wildman–Crippen LogP) is 3.15. The highest BCUT2D eigenvalue weighted by molar-refractivity contribution is 7.92. The Balaban J connectivity index is 1.48. The van der Waals surface area contributed by atoms with E-state index in [9.17, 15) is 13.2 Å². The van der Waals surface area contributed by atoms with Crippen molar-refractivity contribution in [2.45, 2.75) is 37.0 Å². The van der Waals surface area contributed by atoms with Crippen molar-refractivity contribution in [3.63, 3.8) is 0 Å². The number of carbonyl (C=O) groups is 1. The lowest BCUT2D eigenvalue weighted by Crippen LogP contribution is -2.28. The molecule has 3 aromatic rings. The average Bonchev–Trinajstić information content (AvgIpc) is 3.33. The molecule has 2 aromatic heterocycles. The zero-order valence-electron chi connectivity index (χ0n) is 15.8. The van der Waals surface area contributed by atoms with Gasteiger partial charge < -0.3 is 5.32 Å². The van der Waals surface area contributed by atoms with Crippen molar-refractivity contribution in [2.75, 3.05) is 6.54 Å². The number of sulfone groups is 1. The maximum Gasteiger partial charge on any atom is 0.224 e. The molecular formula is C20H23N3O3S2. The number of rotatable bonds is 8. The zero-order chi connectivity index (χ0) is 20.1. The van der Waals surface area contributed by atoms with Crippen molar-refractivity contribution in [3.05, 3.63) is 58.9 Å². The molecule has 1 aromatic carbocycles. The van der Waals surface area contributed by atoms with E-state index in [4.69, 9.17) is 0 Å². The Labute approximate surface area is 169 Å². The topological polar surface area (TPSA) is 81.1 Å². The number of nitrogens with one attached hydrogen (secondary N) is 1. The third-order valence-electron chi connectivity index (χ3n) is 4.36. The zero-order valence-corrected chi connectivity index (χ0v) is 17.5. The van der Waals surface area contributed by atoms with Crippen molar-refractivity contribution in [1.82, 2.24) is 15.1 Å². The van der Waals surface area contributed by atoms with Crippen LogP contribution in [0.3, 0.4) is 0 Å². The van der Waals surface area contributed by atoms with E-state index in [1.54, 1.807) is 54.1 Å². The second-order valence-electron chi connectivity index (χ2n) is 6.74. The maximum absolute atomic E-state index is 12.1. The van der Waals surface area contributed by atoms with Gasteiger partial charge in [0.05, 0.1) is 28.8 Å². The Morgan fingerprint density at radius 1 is 1.18 bits per heavy atom. The van der Waals surface area contributed by atoms with Gasteiger partial charge in [-0.15, -0.1) is 0 Å². The highest BCUT2D eigenvalue weighted by Crippen LogP contribution is 2.19. The van der Waals surface area contributed by atoms with E-state index in [1.807, 2.05) is 29.1 Å². The van der Waals surface area contributed by atoms with Crippen LogP contribution >= 0.6 is 11.3 Å². The highest BCUT2D eigenvalue weighted by atomic mass is 32.2. The summed E-state index contributed by atoms with van der Waals surface area (Å²) in [5, 5.41) is 11.0. The maximum atomic E-state index is 12.1. The Morgan fingerprint density at radius 3 is 2.57 bits per heavy atom. The summed E-state index contributed by atoms with van der Waals surface area (Å²) in [6, 6.07) is 10.5. The molecule has 6 nitrogen and oxygen atoms in total. The van der Waals surface area contributed by atoms with Crippen molar-refractivity contribution in [1.29, 1.82) is 0 Å². The van der Waals surface area contributed by atoms with Gasteiger partial charge in [-0.2, -0.15) is 16.4 Å². The molecule has 0 spiro atoms. The van der Waals surface area contributed by atoms with Gasteiger partial charge in [0.1, 0.15) is 0 Å². The van der Waals surface area contributed by atoms with Crippen LogP contribution in [0.4, 0.5) is 0 Å². The Bertz CT molecular complexity index is 1020. The number of thiophene rings is 1. The summed E-state index contributed by atoms with van der Waals surface area (Å²) >= 11 is 1.63. The van der Waals surface area contributed by atoms with Crippen LogP contribution in [0.5, 0.6) is 0 Å². The fraction of sp³-hybridized carbons (Fsp3) is 0.300. The van der Waals surface area contributed by atoms with Crippen LogP contribution in [0.15, 0.2) is 58.3 Å². The van der Waals surface area contributed by atoms with Gasteiger partial charge in [-0.25, -0.2) is 8.42 Å². The van der Waals surface area contributed by atoms with Gasteiger partial charge in [-0.3, -0.25) is 9.48 Å². The first-order chi connectivity index (χ1) is 13.4. The van der Waals surface area contributed by atoms with Crippen molar-refractivity contribution >= 4 is 27.1 Å². The highest BCUT2D eigenvalue weighted by Gasteiger charge is 2.18. The van der Waals surface area contributed by atoms with Crippen LogP contribution in [0, 0.1) is 0 Å². The first-order valence-electron chi connectivity index (χ1n) is 9.02. The molecule has 0 unspecified atom stereocenters. The van der Waals surface area contributed by atoms with Gasteiger partial charge in [-0.1, -0.05) is 12.1 Å². The molecule has 0 aliphatic carbocycles. The van der Waals surface area contributed by atoms with E-state index in [0.29, 0.717) is 13.1 Å². The summed E-state index contributed by atoms with van der Waals surface area (Å²) in [6.07, 6.45) is 2.11. The standard InChI is InChI=1S/C20H23N3O3S2/c1-15(2)28(25,26)18-5-3-16(4-6-18)13-20(24)21-9-11-23-10-7-19(22-23)17-8-12-27-14-17/h3-8,10,12,14-15H,9,11,13H2,1-2H3,(H,21,24). The molecule has 2 heterocycles. The molecule has 8 heteroatoms. The molecular weight excluding hydrogens is 394 g/mol. The average molecular weight is 418 g/mol. The number of amides is 1. The number of hydrogen-bond donors (Lipinski definition) is 1. The van der Waals surface area contributed by atoms with Gasteiger partial charge in [0.2, 0.25) is 5.91 Å². The van der Waals surface area contributed by atoms with Crippen LogP contribution in [-0.2, 0) is 27.6 Å². The Hall–Kier alpha value is -2.45. The fourth-order valence-electron chi connectivity index (χ4n) is 2.68. The van der Waals surface area contributed by atoms with E-state index in [2.05, 4.69) is 10.4 Å². The Kier molecular flexibility index (Phi) is 6.31. The SMILES string of the molecule is CC(C)S(=O)(=O)c1ccc(CC(=O)NCCn2ccc(-c3ccsc3)n2)cc1. The summed E-state index contributed by atoms with van der Waals surface area (Å²) in [4.78, 5) is 12.4. The van der Waals surface area contributed by atoms with Crippen LogP contribution in [0.25, 0.3) is 11.3 Å². The minimum absolute atomic E-state index is 0.107. The first kappa shape index (κ1) is 20.3. The largest absolute Gasteiger partial charge is 0.354 e. The predicted molar refractivity (Wildman–Crippen MR) is 111 cm³/mol. The monoisotopic (exact) mass is 417 g/mol. The summed E-state index contributed by atoms with van der Waals surface area (Å²) < 4.78 is 26.1. The lowest BCUT2D eigenvalue weighted by atomic mass is 10.1. The number of benzene rings is 1. The molecule has 1 amide bonds. The summed E-state index contributed by atoms with van der Waals surface area (Å²) in [7, 11) is -3.29. The molecule has 0 atom stereocenters. The summed E-state index contributed by atoms with van der Waals surface area (Å²) in [5.74, 6) is -0.107. The second kappa shape index (κ2) is 8.70. The lowest BCUT2D eigenvalue weighted by Gasteiger charge is -2.09. The summed E-state index contributed by atoms with van der Waals surface area (Å²) in [5.41, 5.74) is 2.79. The number of hydrogen-bond acceptors (Lipinski definition) is 5. The molecule has 0 bridgehead atoms. The minimum Gasteiger partial charge on any atom is -0.354 e. The third-order valence-corrected chi connectivity index (χ3v) is 7.21. The third kappa shape index (κ3) is 4.88. The number of aromatic nitrogens is 2. The van der Waals surface area contributed by atoms with E-state index >= 15 is 0 Å². The lowest BCUT2D eigenvalue weighted by molar-refractivity contribution is -0.120. The molecule has 0 radical (unpaired) electrons. The molecule has 0 fully saturated rings. The van der Waals surface area contributed by atoms with Crippen LogP contribution in [-0.4, -0.2) is 35.9 Å². The first-order valence-corrected chi connectivity index (χ1v) is 11.5. The molecule has 28 heavy (non-hydrogen) atoms. The normalized spacial score (nSPS) is 11.7. The molecule has 0 aliphatic rings. The smallest absolute Gasteiger partial charge is 0.224 e. The van der Waals surface area contributed by atoms with E-state index in [1.165, 1.54) is 0 Å². The minimum atomic E-state index is -3.29. The molecule has 0 saturated carbocycles. The molecule has 3 rings (SSSR count). The van der Waals surface area contributed by atoms with Crippen LogP contribution in [0.1, 0.15) is 19.4 Å². The summed E-state index contributed by atoms with van der Waals surface area (Å²) in [6.45, 7) is 4.37. The quantitative estimate of drug-likeness (QED) is 0.610. The van der Waals surface area contributed by atoms with Crippen LogP contribution < -0.4 is 5.32 Å². The van der Waals surface area contributed by atoms with Gasteiger partial charge in [0.15, 0.2) is 9.84 Å². The fourth-order valence-corrected chi connectivity index (χ4v) is 4.39. The Morgan fingerprint density at radius 2 is 1.93 bits per heavy atom. The number of nitrogens with zero attached hydrogens (tertiary/aromatic N) is 2. The van der Waals surface area contributed by atoms with E-state index in [0.717, 1.165) is 16.8 Å². The van der Waals surface area contributed by atoms with Gasteiger partial charge in [0, 0.05) is 23.7 Å². The van der Waals surface area contributed by atoms with Gasteiger partial charge in [-0.05, 0) is 49.1 Å². The molecule has 148 valence electrons. The van der Waals surface area contributed by atoms with E-state index in [-0.39, 0.29) is 17.2 Å². The molecule has 0 saturated heterocycles. The van der Waals surface area contributed by atoms with Gasteiger partial charge in [0.25, 0.3) is 0 Å². The number of carbonyl (C=O) groups excluding carboxylic acids is 1. The molecule has 1 N–H and O–H groups in total. The van der Waals surface area contributed by atoms with Crippen molar-refractivity contribution in [3.8, 4) is 11.3 Å². The van der Waals surface area contributed by atoms with Crippen LogP contribution in [0.2, 0.25) is 0 Å².